The fourth-order valence-electron chi connectivity index (χ4n) is 2.11. The first-order valence-corrected chi connectivity index (χ1v) is 7.11. The SMILES string of the molecule is CCCCOc1ccc(-c2onc(N)c2C(C)C)cc1. The van der Waals surface area contributed by atoms with Gasteiger partial charge in [0.15, 0.2) is 11.6 Å². The summed E-state index contributed by atoms with van der Waals surface area (Å²) >= 11 is 0. The molecule has 1 heterocycles. The largest absolute Gasteiger partial charge is 0.494 e. The molecule has 0 spiro atoms. The number of rotatable bonds is 6. The van der Waals surface area contributed by atoms with E-state index < -0.39 is 0 Å². The average molecular weight is 274 g/mol. The van der Waals surface area contributed by atoms with Gasteiger partial charge in [-0.15, -0.1) is 0 Å². The van der Waals surface area contributed by atoms with Crippen LogP contribution in [0.5, 0.6) is 5.75 Å². The van der Waals surface area contributed by atoms with Crippen molar-refractivity contribution < 1.29 is 9.26 Å². The molecule has 0 radical (unpaired) electrons. The van der Waals surface area contributed by atoms with E-state index in [1.54, 1.807) is 0 Å². The summed E-state index contributed by atoms with van der Waals surface area (Å²) in [7, 11) is 0. The zero-order valence-corrected chi connectivity index (χ0v) is 12.3. The first-order chi connectivity index (χ1) is 9.63. The van der Waals surface area contributed by atoms with Crippen molar-refractivity contribution in [2.45, 2.75) is 39.5 Å². The van der Waals surface area contributed by atoms with Gasteiger partial charge in [-0.1, -0.05) is 32.3 Å². The van der Waals surface area contributed by atoms with E-state index in [-0.39, 0.29) is 5.92 Å². The van der Waals surface area contributed by atoms with Crippen LogP contribution in [0.1, 0.15) is 45.1 Å². The number of unbranched alkanes of at least 4 members (excludes halogenated alkanes) is 1. The summed E-state index contributed by atoms with van der Waals surface area (Å²) in [6, 6.07) is 7.86. The van der Waals surface area contributed by atoms with Crippen LogP contribution in [0.4, 0.5) is 5.82 Å². The Hall–Kier alpha value is -1.97. The second kappa shape index (κ2) is 6.46. The number of hydrogen-bond acceptors (Lipinski definition) is 4. The highest BCUT2D eigenvalue weighted by atomic mass is 16.5. The molecule has 0 aliphatic carbocycles. The molecule has 1 aromatic carbocycles. The minimum Gasteiger partial charge on any atom is -0.494 e. The van der Waals surface area contributed by atoms with Crippen LogP contribution in [0.25, 0.3) is 11.3 Å². The molecule has 0 amide bonds. The smallest absolute Gasteiger partial charge is 0.172 e. The number of anilines is 1. The Morgan fingerprint density at radius 3 is 2.55 bits per heavy atom. The van der Waals surface area contributed by atoms with Gasteiger partial charge in [-0.2, -0.15) is 0 Å². The third kappa shape index (κ3) is 3.13. The van der Waals surface area contributed by atoms with Crippen LogP contribution in [-0.4, -0.2) is 11.8 Å². The molecule has 0 unspecified atom stereocenters. The molecule has 20 heavy (non-hydrogen) atoms. The van der Waals surface area contributed by atoms with E-state index in [0.717, 1.165) is 42.1 Å². The summed E-state index contributed by atoms with van der Waals surface area (Å²) in [4.78, 5) is 0. The lowest BCUT2D eigenvalue weighted by molar-refractivity contribution is 0.309. The van der Waals surface area contributed by atoms with Gasteiger partial charge in [0.05, 0.1) is 6.61 Å². The molecule has 1 aromatic heterocycles. The number of aromatic nitrogens is 1. The van der Waals surface area contributed by atoms with Crippen LogP contribution < -0.4 is 10.5 Å². The van der Waals surface area contributed by atoms with Gasteiger partial charge < -0.3 is 15.0 Å². The fraction of sp³-hybridized carbons (Fsp3) is 0.438. The van der Waals surface area contributed by atoms with Gasteiger partial charge in [-0.05, 0) is 36.6 Å². The fourth-order valence-corrected chi connectivity index (χ4v) is 2.11. The first-order valence-electron chi connectivity index (χ1n) is 7.11. The van der Waals surface area contributed by atoms with Gasteiger partial charge >= 0.3 is 0 Å². The van der Waals surface area contributed by atoms with E-state index in [2.05, 4.69) is 25.9 Å². The Labute approximate surface area is 119 Å². The van der Waals surface area contributed by atoms with Crippen LogP contribution >= 0.6 is 0 Å². The Bertz CT molecular complexity index is 544. The predicted molar refractivity (Wildman–Crippen MR) is 80.8 cm³/mol. The van der Waals surface area contributed by atoms with E-state index in [1.165, 1.54) is 0 Å². The Morgan fingerprint density at radius 2 is 1.95 bits per heavy atom. The number of nitrogens with two attached hydrogens (primary N) is 1. The number of nitrogens with zero attached hydrogens (tertiary/aromatic N) is 1. The molecule has 0 saturated carbocycles. The summed E-state index contributed by atoms with van der Waals surface area (Å²) in [5, 5.41) is 3.87. The molecule has 2 aromatic rings. The number of hydrogen-bond donors (Lipinski definition) is 1. The Kier molecular flexibility index (Phi) is 4.66. The zero-order valence-electron chi connectivity index (χ0n) is 12.3. The quantitative estimate of drug-likeness (QED) is 0.801. The Morgan fingerprint density at radius 1 is 1.25 bits per heavy atom. The molecule has 0 bridgehead atoms. The number of nitrogen functional groups attached to an aromatic ring is 1. The van der Waals surface area contributed by atoms with E-state index in [9.17, 15) is 0 Å². The molecule has 108 valence electrons. The van der Waals surface area contributed by atoms with E-state index in [0.29, 0.717) is 5.82 Å². The molecule has 0 saturated heterocycles. The molecule has 2 rings (SSSR count). The predicted octanol–water partition coefficient (Wildman–Crippen LogP) is 4.23. The number of benzene rings is 1. The van der Waals surface area contributed by atoms with Gasteiger partial charge in [-0.3, -0.25) is 0 Å². The highest BCUT2D eigenvalue weighted by molar-refractivity contribution is 5.67. The van der Waals surface area contributed by atoms with E-state index in [4.69, 9.17) is 15.0 Å². The van der Waals surface area contributed by atoms with Gasteiger partial charge in [-0.25, -0.2) is 0 Å². The van der Waals surface area contributed by atoms with Crippen LogP contribution in [0.3, 0.4) is 0 Å². The topological polar surface area (TPSA) is 61.3 Å². The van der Waals surface area contributed by atoms with Crippen LogP contribution in [0.2, 0.25) is 0 Å². The van der Waals surface area contributed by atoms with Crippen molar-refractivity contribution in [3.63, 3.8) is 0 Å². The van der Waals surface area contributed by atoms with Crippen molar-refractivity contribution in [1.29, 1.82) is 0 Å². The lowest BCUT2D eigenvalue weighted by atomic mass is 9.99. The molecule has 0 atom stereocenters. The van der Waals surface area contributed by atoms with E-state index in [1.807, 2.05) is 24.3 Å². The number of ether oxygens (including phenoxy) is 1. The normalized spacial score (nSPS) is 11.0. The summed E-state index contributed by atoms with van der Waals surface area (Å²) in [5.41, 5.74) is 7.80. The lowest BCUT2D eigenvalue weighted by Crippen LogP contribution is -1.97. The summed E-state index contributed by atoms with van der Waals surface area (Å²) in [6.45, 7) is 7.06. The minimum atomic E-state index is 0.275. The zero-order chi connectivity index (χ0) is 14.5. The lowest BCUT2D eigenvalue weighted by Gasteiger charge is -2.07. The van der Waals surface area contributed by atoms with Crippen molar-refractivity contribution in [3.05, 3.63) is 29.8 Å². The van der Waals surface area contributed by atoms with Gasteiger partial charge in [0.1, 0.15) is 5.75 Å². The molecule has 0 aliphatic rings. The summed E-state index contributed by atoms with van der Waals surface area (Å²) < 4.78 is 11.0. The molecule has 0 fully saturated rings. The maximum atomic E-state index is 5.86. The molecular weight excluding hydrogens is 252 g/mol. The molecule has 0 aliphatic heterocycles. The van der Waals surface area contributed by atoms with Crippen LogP contribution in [0, 0.1) is 0 Å². The van der Waals surface area contributed by atoms with Gasteiger partial charge in [0, 0.05) is 11.1 Å². The third-order valence-electron chi connectivity index (χ3n) is 3.22. The maximum Gasteiger partial charge on any atom is 0.172 e. The van der Waals surface area contributed by atoms with Crippen molar-refractivity contribution in [2.24, 2.45) is 0 Å². The summed E-state index contributed by atoms with van der Waals surface area (Å²) in [6.07, 6.45) is 2.20. The van der Waals surface area contributed by atoms with Crippen molar-refractivity contribution >= 4 is 5.82 Å². The summed E-state index contributed by atoms with van der Waals surface area (Å²) in [5.74, 6) is 2.37. The maximum absolute atomic E-state index is 5.86. The second-order valence-electron chi connectivity index (χ2n) is 5.19. The highest BCUT2D eigenvalue weighted by Gasteiger charge is 2.18. The van der Waals surface area contributed by atoms with Crippen molar-refractivity contribution in [2.75, 3.05) is 12.3 Å². The van der Waals surface area contributed by atoms with Gasteiger partial charge in [0.25, 0.3) is 0 Å². The van der Waals surface area contributed by atoms with Crippen molar-refractivity contribution in [1.82, 2.24) is 5.16 Å². The standard InChI is InChI=1S/C16H22N2O2/c1-4-5-10-19-13-8-6-12(7-9-13)15-14(11(2)3)16(17)18-20-15/h6-9,11H,4-5,10H2,1-3H3,(H2,17,18). The molecular formula is C16H22N2O2. The first kappa shape index (κ1) is 14.4. The van der Waals surface area contributed by atoms with Gasteiger partial charge in [0.2, 0.25) is 0 Å². The second-order valence-corrected chi connectivity index (χ2v) is 5.19. The highest BCUT2D eigenvalue weighted by Crippen LogP contribution is 2.34. The molecule has 2 N–H and O–H groups in total. The van der Waals surface area contributed by atoms with E-state index >= 15 is 0 Å². The molecule has 4 heteroatoms. The monoisotopic (exact) mass is 274 g/mol. The molecule has 4 nitrogen and oxygen atoms in total. The van der Waals surface area contributed by atoms with Crippen molar-refractivity contribution in [3.8, 4) is 17.1 Å². The van der Waals surface area contributed by atoms with Crippen LogP contribution in [0.15, 0.2) is 28.8 Å². The third-order valence-corrected chi connectivity index (χ3v) is 3.22. The minimum absolute atomic E-state index is 0.275. The van der Waals surface area contributed by atoms with Crippen LogP contribution in [-0.2, 0) is 0 Å². The Balaban J connectivity index is 2.18. The average Bonchev–Trinajstić information content (AvgIpc) is 2.82.